The summed E-state index contributed by atoms with van der Waals surface area (Å²) in [5, 5.41) is 2.90. The number of benzene rings is 2. The third-order valence-corrected chi connectivity index (χ3v) is 4.11. The number of amides is 2. The number of nitrogens with one attached hydrogen (secondary N) is 1. The van der Waals surface area contributed by atoms with Crippen molar-refractivity contribution in [2.45, 2.75) is 33.6 Å². The molecule has 0 aliphatic rings. The summed E-state index contributed by atoms with van der Waals surface area (Å²) in [6.07, 6.45) is 1.23. The van der Waals surface area contributed by atoms with Crippen molar-refractivity contribution in [3.05, 3.63) is 54.6 Å². The SMILES string of the molecule is CC(=O)N(CCC(=O)NCCC(C)C)c1ccc(Oc2ccccc2)cc1. The maximum Gasteiger partial charge on any atom is 0.223 e. The molecule has 2 aromatic carbocycles. The highest BCUT2D eigenvalue weighted by Gasteiger charge is 2.13. The fourth-order valence-electron chi connectivity index (χ4n) is 2.59. The first-order valence-corrected chi connectivity index (χ1v) is 9.33. The molecule has 0 radical (unpaired) electrons. The smallest absolute Gasteiger partial charge is 0.223 e. The van der Waals surface area contributed by atoms with E-state index in [1.807, 2.05) is 54.6 Å². The molecular weight excluding hydrogens is 340 g/mol. The summed E-state index contributed by atoms with van der Waals surface area (Å²) in [6, 6.07) is 16.8. The number of carbonyl (C=O) groups excluding carboxylic acids is 2. The van der Waals surface area contributed by atoms with Gasteiger partial charge < -0.3 is 15.0 Å². The standard InChI is InChI=1S/C22H28N2O3/c1-17(2)13-15-23-22(26)14-16-24(18(3)25)19-9-11-21(12-10-19)27-20-7-5-4-6-8-20/h4-12,17H,13-16H2,1-3H3,(H,23,26). The number of ether oxygens (including phenoxy) is 1. The Balaban J connectivity index is 1.92. The van der Waals surface area contributed by atoms with Crippen molar-refractivity contribution < 1.29 is 14.3 Å². The van der Waals surface area contributed by atoms with Crippen molar-refractivity contribution in [3.8, 4) is 11.5 Å². The number of nitrogens with zero attached hydrogens (tertiary/aromatic N) is 1. The average Bonchev–Trinajstić information content (AvgIpc) is 2.63. The lowest BCUT2D eigenvalue weighted by molar-refractivity contribution is -0.121. The van der Waals surface area contributed by atoms with Crippen LogP contribution in [0.15, 0.2) is 54.6 Å². The number of rotatable bonds is 9. The average molecular weight is 368 g/mol. The highest BCUT2D eigenvalue weighted by molar-refractivity contribution is 5.92. The van der Waals surface area contributed by atoms with Gasteiger partial charge in [0.2, 0.25) is 11.8 Å². The normalized spacial score (nSPS) is 10.5. The third-order valence-electron chi connectivity index (χ3n) is 4.11. The molecule has 2 amide bonds. The predicted molar refractivity (Wildman–Crippen MR) is 108 cm³/mol. The number of hydrogen-bond acceptors (Lipinski definition) is 3. The minimum atomic E-state index is -0.0956. The maximum atomic E-state index is 12.0. The zero-order valence-electron chi connectivity index (χ0n) is 16.3. The molecule has 0 unspecified atom stereocenters. The van der Waals surface area contributed by atoms with Crippen LogP contribution in [0.25, 0.3) is 0 Å². The van der Waals surface area contributed by atoms with E-state index >= 15 is 0 Å². The van der Waals surface area contributed by atoms with Crippen LogP contribution in [0.4, 0.5) is 5.69 Å². The van der Waals surface area contributed by atoms with E-state index in [4.69, 9.17) is 4.74 Å². The number of hydrogen-bond donors (Lipinski definition) is 1. The summed E-state index contributed by atoms with van der Waals surface area (Å²) in [5.41, 5.74) is 0.748. The largest absolute Gasteiger partial charge is 0.457 e. The minimum Gasteiger partial charge on any atom is -0.457 e. The van der Waals surface area contributed by atoms with Crippen LogP contribution < -0.4 is 15.0 Å². The topological polar surface area (TPSA) is 58.6 Å². The van der Waals surface area contributed by atoms with Crippen molar-refractivity contribution in [2.24, 2.45) is 5.92 Å². The molecule has 0 aliphatic carbocycles. The van der Waals surface area contributed by atoms with Gasteiger partial charge in [-0.25, -0.2) is 0 Å². The predicted octanol–water partition coefficient (Wildman–Crippen LogP) is 4.38. The maximum absolute atomic E-state index is 12.0. The van der Waals surface area contributed by atoms with Crippen LogP contribution in [0.5, 0.6) is 11.5 Å². The first-order valence-electron chi connectivity index (χ1n) is 9.33. The van der Waals surface area contributed by atoms with Crippen LogP contribution in [0.2, 0.25) is 0 Å². The fraction of sp³-hybridized carbons (Fsp3) is 0.364. The second-order valence-electron chi connectivity index (χ2n) is 6.86. The fourth-order valence-corrected chi connectivity index (χ4v) is 2.59. The van der Waals surface area contributed by atoms with Crippen molar-refractivity contribution in [2.75, 3.05) is 18.0 Å². The quantitative estimate of drug-likeness (QED) is 0.714. The Labute approximate surface area is 161 Å². The number of para-hydroxylation sites is 1. The van der Waals surface area contributed by atoms with E-state index < -0.39 is 0 Å². The number of anilines is 1. The molecule has 0 heterocycles. The molecule has 2 rings (SSSR count). The van der Waals surface area contributed by atoms with E-state index in [2.05, 4.69) is 19.2 Å². The molecule has 5 nitrogen and oxygen atoms in total. The van der Waals surface area contributed by atoms with Crippen molar-refractivity contribution >= 4 is 17.5 Å². The van der Waals surface area contributed by atoms with Gasteiger partial charge in [-0.3, -0.25) is 9.59 Å². The lowest BCUT2D eigenvalue weighted by Gasteiger charge is -2.21. The third kappa shape index (κ3) is 7.13. The van der Waals surface area contributed by atoms with E-state index in [-0.39, 0.29) is 18.2 Å². The van der Waals surface area contributed by atoms with E-state index in [1.165, 1.54) is 6.92 Å². The van der Waals surface area contributed by atoms with Gasteiger partial charge in [0.1, 0.15) is 11.5 Å². The van der Waals surface area contributed by atoms with Gasteiger partial charge >= 0.3 is 0 Å². The van der Waals surface area contributed by atoms with E-state index in [0.717, 1.165) is 17.9 Å². The molecule has 0 bridgehead atoms. The Morgan fingerprint density at radius 2 is 1.63 bits per heavy atom. The van der Waals surface area contributed by atoms with Crippen LogP contribution in [-0.4, -0.2) is 24.9 Å². The molecule has 0 saturated carbocycles. The molecule has 0 saturated heterocycles. The van der Waals surface area contributed by atoms with Crippen LogP contribution in [0, 0.1) is 5.92 Å². The van der Waals surface area contributed by atoms with Crippen LogP contribution in [0.1, 0.15) is 33.6 Å². The molecule has 0 fully saturated rings. The molecule has 5 heteroatoms. The summed E-state index contributed by atoms with van der Waals surface area (Å²) in [6.45, 7) is 6.76. The lowest BCUT2D eigenvalue weighted by atomic mass is 10.1. The Hall–Kier alpha value is -2.82. The Kier molecular flexibility index (Phi) is 7.86. The highest BCUT2D eigenvalue weighted by atomic mass is 16.5. The van der Waals surface area contributed by atoms with Crippen LogP contribution >= 0.6 is 0 Å². The monoisotopic (exact) mass is 368 g/mol. The Morgan fingerprint density at radius 1 is 1.00 bits per heavy atom. The molecule has 0 spiro atoms. The summed E-state index contributed by atoms with van der Waals surface area (Å²) >= 11 is 0. The summed E-state index contributed by atoms with van der Waals surface area (Å²) < 4.78 is 5.77. The summed E-state index contributed by atoms with van der Waals surface area (Å²) in [5.74, 6) is 1.87. The van der Waals surface area contributed by atoms with E-state index in [0.29, 0.717) is 24.8 Å². The van der Waals surface area contributed by atoms with Gasteiger partial charge in [-0.2, -0.15) is 0 Å². The first-order chi connectivity index (χ1) is 13.0. The molecule has 0 aromatic heterocycles. The van der Waals surface area contributed by atoms with Gasteiger partial charge in [-0.1, -0.05) is 32.0 Å². The zero-order valence-corrected chi connectivity index (χ0v) is 16.3. The zero-order chi connectivity index (χ0) is 19.6. The summed E-state index contributed by atoms with van der Waals surface area (Å²) in [4.78, 5) is 25.6. The lowest BCUT2D eigenvalue weighted by Crippen LogP contribution is -2.34. The Bertz CT molecular complexity index is 727. The van der Waals surface area contributed by atoms with Crippen molar-refractivity contribution in [1.29, 1.82) is 0 Å². The second-order valence-corrected chi connectivity index (χ2v) is 6.86. The van der Waals surface area contributed by atoms with Crippen molar-refractivity contribution in [1.82, 2.24) is 5.32 Å². The minimum absolute atomic E-state index is 0.0362. The Morgan fingerprint density at radius 3 is 2.22 bits per heavy atom. The summed E-state index contributed by atoms with van der Waals surface area (Å²) in [7, 11) is 0. The van der Waals surface area contributed by atoms with E-state index in [9.17, 15) is 9.59 Å². The molecule has 0 aliphatic heterocycles. The van der Waals surface area contributed by atoms with E-state index in [1.54, 1.807) is 4.90 Å². The molecule has 1 N–H and O–H groups in total. The molecule has 0 atom stereocenters. The van der Waals surface area contributed by atoms with Gasteiger partial charge in [0.05, 0.1) is 0 Å². The van der Waals surface area contributed by atoms with Crippen LogP contribution in [-0.2, 0) is 9.59 Å². The van der Waals surface area contributed by atoms with Gasteiger partial charge in [-0.05, 0) is 48.7 Å². The highest BCUT2D eigenvalue weighted by Crippen LogP contribution is 2.24. The molecule has 144 valence electrons. The van der Waals surface area contributed by atoms with Crippen molar-refractivity contribution in [3.63, 3.8) is 0 Å². The van der Waals surface area contributed by atoms with Gasteiger partial charge in [0, 0.05) is 32.1 Å². The van der Waals surface area contributed by atoms with Gasteiger partial charge in [0.15, 0.2) is 0 Å². The first kappa shape index (κ1) is 20.5. The van der Waals surface area contributed by atoms with Crippen LogP contribution in [0.3, 0.4) is 0 Å². The molecule has 27 heavy (non-hydrogen) atoms. The van der Waals surface area contributed by atoms with Gasteiger partial charge in [-0.15, -0.1) is 0 Å². The molecular formula is C22H28N2O3. The second kappa shape index (κ2) is 10.4. The molecule has 2 aromatic rings. The van der Waals surface area contributed by atoms with Gasteiger partial charge in [0.25, 0.3) is 0 Å². The number of carbonyl (C=O) groups is 2.